The molecule has 26 heavy (non-hydrogen) atoms. The van der Waals surface area contributed by atoms with Crippen molar-refractivity contribution in [2.75, 3.05) is 0 Å². The van der Waals surface area contributed by atoms with Crippen molar-refractivity contribution < 1.29 is 9.32 Å². The molecule has 8 nitrogen and oxygen atoms in total. The number of fused-ring (bicyclic) bond motifs is 1. The Morgan fingerprint density at radius 3 is 2.88 bits per heavy atom. The third-order valence-corrected chi connectivity index (χ3v) is 4.06. The fraction of sp³-hybridized carbons (Fsp3) is 0.118. The van der Waals surface area contributed by atoms with E-state index in [2.05, 4.69) is 25.5 Å². The number of pyridine rings is 1. The summed E-state index contributed by atoms with van der Waals surface area (Å²) in [5.74, 6) is 0.420. The monoisotopic (exact) mass is 368 g/mol. The Kier molecular flexibility index (Phi) is 4.10. The van der Waals surface area contributed by atoms with Gasteiger partial charge in [-0.05, 0) is 43.3 Å². The van der Waals surface area contributed by atoms with E-state index in [1.165, 1.54) is 6.33 Å². The molecule has 0 radical (unpaired) electrons. The molecule has 9 heteroatoms. The van der Waals surface area contributed by atoms with Crippen molar-refractivity contribution in [3.8, 4) is 11.4 Å². The van der Waals surface area contributed by atoms with Gasteiger partial charge in [-0.2, -0.15) is 10.1 Å². The molecule has 3 aromatic heterocycles. The molecule has 4 aromatic rings. The minimum Gasteiger partial charge on any atom is -0.341 e. The summed E-state index contributed by atoms with van der Waals surface area (Å²) in [6, 6.07) is 9.80. The third kappa shape index (κ3) is 3.02. The minimum absolute atomic E-state index is 0.256. The first-order chi connectivity index (χ1) is 12.6. The van der Waals surface area contributed by atoms with Crippen LogP contribution in [0, 0.1) is 0 Å². The first-order valence-electron chi connectivity index (χ1n) is 7.80. The second-order valence-corrected chi connectivity index (χ2v) is 6.04. The highest BCUT2D eigenvalue weighted by Gasteiger charge is 2.19. The number of amides is 1. The Morgan fingerprint density at radius 1 is 1.27 bits per heavy atom. The van der Waals surface area contributed by atoms with E-state index in [-0.39, 0.29) is 5.91 Å². The maximum Gasteiger partial charge on any atom is 0.251 e. The maximum absolute atomic E-state index is 12.3. The van der Waals surface area contributed by atoms with E-state index in [0.717, 1.165) is 0 Å². The highest BCUT2D eigenvalue weighted by Crippen LogP contribution is 2.22. The summed E-state index contributed by atoms with van der Waals surface area (Å²) in [5.41, 5.74) is 1.81. The molecule has 0 aliphatic heterocycles. The van der Waals surface area contributed by atoms with Crippen molar-refractivity contribution in [1.29, 1.82) is 0 Å². The Hall–Kier alpha value is -3.26. The molecule has 0 spiro atoms. The van der Waals surface area contributed by atoms with Gasteiger partial charge < -0.3 is 9.84 Å². The predicted octanol–water partition coefficient (Wildman–Crippen LogP) is 2.92. The quantitative estimate of drug-likeness (QED) is 0.594. The fourth-order valence-electron chi connectivity index (χ4n) is 2.49. The average molecular weight is 369 g/mol. The van der Waals surface area contributed by atoms with Crippen molar-refractivity contribution in [3.63, 3.8) is 0 Å². The highest BCUT2D eigenvalue weighted by atomic mass is 35.5. The summed E-state index contributed by atoms with van der Waals surface area (Å²) in [5, 5.41) is 11.5. The number of hydrogen-bond acceptors (Lipinski definition) is 6. The Balaban J connectivity index is 1.55. The summed E-state index contributed by atoms with van der Waals surface area (Å²) in [4.78, 5) is 20.9. The van der Waals surface area contributed by atoms with Crippen LogP contribution in [0.1, 0.15) is 29.2 Å². The molecular formula is C17H13ClN6O2. The molecule has 1 unspecified atom stereocenters. The van der Waals surface area contributed by atoms with Crippen LogP contribution in [-0.2, 0) is 0 Å². The minimum atomic E-state index is -0.461. The molecule has 0 aliphatic rings. The first kappa shape index (κ1) is 16.2. The average Bonchev–Trinajstić information content (AvgIpc) is 3.31. The first-order valence-corrected chi connectivity index (χ1v) is 8.18. The van der Waals surface area contributed by atoms with Crippen molar-refractivity contribution in [2.45, 2.75) is 13.0 Å². The number of hydrogen-bond donors (Lipinski definition) is 1. The lowest BCUT2D eigenvalue weighted by Crippen LogP contribution is -2.26. The Labute approximate surface area is 152 Å². The van der Waals surface area contributed by atoms with Gasteiger partial charge >= 0.3 is 0 Å². The Morgan fingerprint density at radius 2 is 2.08 bits per heavy atom. The normalized spacial score (nSPS) is 12.2. The van der Waals surface area contributed by atoms with Gasteiger partial charge in [0, 0.05) is 16.8 Å². The van der Waals surface area contributed by atoms with Crippen molar-refractivity contribution >= 4 is 23.2 Å². The molecule has 1 N–H and O–H groups in total. The van der Waals surface area contributed by atoms with E-state index in [9.17, 15) is 4.79 Å². The van der Waals surface area contributed by atoms with Gasteiger partial charge in [0.05, 0.1) is 5.56 Å². The maximum atomic E-state index is 12.3. The zero-order valence-corrected chi connectivity index (χ0v) is 14.4. The predicted molar refractivity (Wildman–Crippen MR) is 93.6 cm³/mol. The van der Waals surface area contributed by atoms with Gasteiger partial charge in [-0.1, -0.05) is 16.8 Å². The second-order valence-electron chi connectivity index (χ2n) is 5.61. The molecule has 0 saturated carbocycles. The number of carbonyl (C=O) groups excluding carboxylic acids is 1. The van der Waals surface area contributed by atoms with Crippen LogP contribution in [0.15, 0.2) is 53.4 Å². The smallest absolute Gasteiger partial charge is 0.251 e. The number of carbonyl (C=O) groups is 1. The van der Waals surface area contributed by atoms with Crippen LogP contribution < -0.4 is 5.32 Å². The molecule has 0 aliphatic carbocycles. The molecule has 1 aromatic carbocycles. The third-order valence-electron chi connectivity index (χ3n) is 3.81. The van der Waals surface area contributed by atoms with Gasteiger partial charge in [0.2, 0.25) is 11.7 Å². The van der Waals surface area contributed by atoms with E-state index in [0.29, 0.717) is 33.5 Å². The van der Waals surface area contributed by atoms with E-state index in [1.807, 2.05) is 12.1 Å². The molecular weight excluding hydrogens is 356 g/mol. The molecule has 1 atom stereocenters. The fourth-order valence-corrected chi connectivity index (χ4v) is 2.61. The van der Waals surface area contributed by atoms with Gasteiger partial charge in [-0.3, -0.25) is 4.79 Å². The van der Waals surface area contributed by atoms with E-state index < -0.39 is 6.04 Å². The van der Waals surface area contributed by atoms with Crippen LogP contribution in [-0.4, -0.2) is 30.6 Å². The number of rotatable bonds is 4. The van der Waals surface area contributed by atoms with Gasteiger partial charge in [-0.25, -0.2) is 9.50 Å². The number of benzene rings is 1. The van der Waals surface area contributed by atoms with Crippen molar-refractivity contribution in [3.05, 3.63) is 65.4 Å². The molecule has 130 valence electrons. The lowest BCUT2D eigenvalue weighted by Gasteiger charge is -2.09. The van der Waals surface area contributed by atoms with Crippen LogP contribution in [0.3, 0.4) is 0 Å². The van der Waals surface area contributed by atoms with Crippen LogP contribution >= 0.6 is 11.6 Å². The summed E-state index contributed by atoms with van der Waals surface area (Å²) < 4.78 is 6.93. The summed E-state index contributed by atoms with van der Waals surface area (Å²) in [6.45, 7) is 1.77. The lowest BCUT2D eigenvalue weighted by atomic mass is 10.2. The number of aromatic nitrogens is 5. The molecule has 1 amide bonds. The second kappa shape index (κ2) is 6.57. The van der Waals surface area contributed by atoms with Crippen LogP contribution in [0.2, 0.25) is 5.02 Å². The van der Waals surface area contributed by atoms with Gasteiger partial charge in [0.25, 0.3) is 5.91 Å². The van der Waals surface area contributed by atoms with E-state index in [4.69, 9.17) is 16.1 Å². The van der Waals surface area contributed by atoms with Gasteiger partial charge in [0.15, 0.2) is 5.65 Å². The van der Waals surface area contributed by atoms with Gasteiger partial charge in [-0.15, -0.1) is 0 Å². The van der Waals surface area contributed by atoms with E-state index in [1.54, 1.807) is 41.9 Å². The number of nitrogens with zero attached hydrogens (tertiary/aromatic N) is 5. The summed E-state index contributed by atoms with van der Waals surface area (Å²) in [6.07, 6.45) is 3.23. The van der Waals surface area contributed by atoms with Crippen LogP contribution in [0.5, 0.6) is 0 Å². The zero-order chi connectivity index (χ0) is 18.1. The molecule has 3 heterocycles. The largest absolute Gasteiger partial charge is 0.341 e. The molecule has 4 rings (SSSR count). The topological polar surface area (TPSA) is 98.2 Å². The molecule has 0 fully saturated rings. The summed E-state index contributed by atoms with van der Waals surface area (Å²) >= 11 is 5.84. The van der Waals surface area contributed by atoms with Crippen LogP contribution in [0.25, 0.3) is 17.0 Å². The molecule has 0 saturated heterocycles. The molecule has 0 bridgehead atoms. The van der Waals surface area contributed by atoms with Crippen molar-refractivity contribution in [1.82, 2.24) is 30.1 Å². The summed E-state index contributed by atoms with van der Waals surface area (Å²) in [7, 11) is 0. The number of halogens is 1. The Bertz CT molecular complexity index is 1070. The van der Waals surface area contributed by atoms with Crippen LogP contribution in [0.4, 0.5) is 0 Å². The highest BCUT2D eigenvalue weighted by molar-refractivity contribution is 6.30. The zero-order valence-electron chi connectivity index (χ0n) is 13.6. The number of nitrogens with one attached hydrogen (secondary N) is 1. The van der Waals surface area contributed by atoms with Crippen molar-refractivity contribution in [2.24, 2.45) is 0 Å². The lowest BCUT2D eigenvalue weighted by molar-refractivity contribution is 0.0932. The van der Waals surface area contributed by atoms with Gasteiger partial charge in [0.1, 0.15) is 12.4 Å². The SMILES string of the molecule is CC(NC(=O)c1ccc(Cl)cc1)c1nc(-c2cccn3ncnc23)no1. The van der Waals surface area contributed by atoms with E-state index >= 15 is 0 Å². The standard InChI is InChI=1S/C17H13ClN6O2/c1-10(21-16(25)11-4-6-12(18)7-5-11)17-22-14(23-26-17)13-3-2-8-24-15(13)19-9-20-24/h2-10H,1H3,(H,21,25).